The van der Waals surface area contributed by atoms with Crippen molar-refractivity contribution in [3.8, 4) is 0 Å². The highest BCUT2D eigenvalue weighted by Gasteiger charge is 2.35. The lowest BCUT2D eigenvalue weighted by Gasteiger charge is -2.24. The number of alkyl halides is 3. The van der Waals surface area contributed by atoms with Gasteiger partial charge in [0.15, 0.2) is 0 Å². The molecule has 0 unspecified atom stereocenters. The molecule has 0 atom stereocenters. The van der Waals surface area contributed by atoms with Crippen LogP contribution in [-0.4, -0.2) is 21.9 Å². The summed E-state index contributed by atoms with van der Waals surface area (Å²) < 4.78 is 62.4. The zero-order valence-electron chi connectivity index (χ0n) is 18.6. The molecule has 0 aliphatic heterocycles. The number of hydrogen-bond acceptors (Lipinski definition) is 4. The Balaban J connectivity index is 1.66. The Labute approximate surface area is 203 Å². The van der Waals surface area contributed by atoms with Gasteiger partial charge in [-0.2, -0.15) is 13.2 Å². The van der Waals surface area contributed by atoms with Crippen LogP contribution in [0.4, 0.5) is 17.6 Å². The summed E-state index contributed by atoms with van der Waals surface area (Å²) in [6, 6.07) is 17.5. The van der Waals surface area contributed by atoms with Crippen molar-refractivity contribution in [2.45, 2.75) is 31.0 Å². The Morgan fingerprint density at radius 3 is 2.49 bits per heavy atom. The van der Waals surface area contributed by atoms with E-state index in [0.29, 0.717) is 34.4 Å². The third-order valence-corrected chi connectivity index (χ3v) is 6.62. The zero-order chi connectivity index (χ0) is 25.2. The molecule has 0 aliphatic carbocycles. The molecule has 1 aromatic heterocycles. The Kier molecular flexibility index (Phi) is 7.18. The number of carboxylic acids is 1. The normalized spacial score (nSPS) is 11.9. The fraction of sp³-hybridized carbons (Fsp3) is 0.192. The predicted molar refractivity (Wildman–Crippen MR) is 126 cm³/mol. The van der Waals surface area contributed by atoms with Crippen molar-refractivity contribution in [1.29, 1.82) is 0 Å². The highest BCUT2D eigenvalue weighted by Crippen LogP contribution is 2.36. The van der Waals surface area contributed by atoms with Crippen molar-refractivity contribution in [1.82, 2.24) is 4.31 Å². The fourth-order valence-corrected chi connectivity index (χ4v) is 4.80. The van der Waals surface area contributed by atoms with Crippen molar-refractivity contribution in [2.24, 2.45) is 0 Å². The summed E-state index contributed by atoms with van der Waals surface area (Å²) in [5.41, 5.74) is 0.423. The molecule has 0 spiro atoms. The van der Waals surface area contributed by atoms with E-state index in [0.717, 1.165) is 23.8 Å². The van der Waals surface area contributed by atoms with Crippen molar-refractivity contribution >= 4 is 28.9 Å². The summed E-state index contributed by atoms with van der Waals surface area (Å²) in [7, 11) is 0. The van der Waals surface area contributed by atoms with Crippen LogP contribution in [0.15, 0.2) is 76.0 Å². The van der Waals surface area contributed by atoms with Crippen LogP contribution in [0.25, 0.3) is 11.0 Å². The molecular formula is C26H21F4NO3S. The molecular weight excluding hydrogens is 482 g/mol. The molecule has 4 nitrogen and oxygen atoms in total. The van der Waals surface area contributed by atoms with Gasteiger partial charge in [-0.05, 0) is 61.2 Å². The Hall–Kier alpha value is -3.30. The molecule has 4 aromatic rings. The quantitative estimate of drug-likeness (QED) is 0.201. The molecule has 0 fully saturated rings. The predicted octanol–water partition coefficient (Wildman–Crippen LogP) is 7.35. The fourth-order valence-electron chi connectivity index (χ4n) is 3.83. The Morgan fingerprint density at radius 1 is 1.06 bits per heavy atom. The highest BCUT2D eigenvalue weighted by molar-refractivity contribution is 7.97. The number of fused-ring (bicyclic) bond motifs is 1. The molecule has 1 heterocycles. The molecule has 0 amide bonds. The molecule has 4 rings (SSSR count). The van der Waals surface area contributed by atoms with E-state index < -0.39 is 29.1 Å². The van der Waals surface area contributed by atoms with Gasteiger partial charge in [-0.25, -0.2) is 13.5 Å². The second-order valence-corrected chi connectivity index (χ2v) is 9.14. The average molecular weight is 504 g/mol. The van der Waals surface area contributed by atoms with Crippen molar-refractivity contribution < 1.29 is 31.9 Å². The van der Waals surface area contributed by atoms with Gasteiger partial charge < -0.3 is 9.52 Å². The molecule has 0 saturated carbocycles. The van der Waals surface area contributed by atoms with E-state index in [-0.39, 0.29) is 12.3 Å². The highest BCUT2D eigenvalue weighted by atomic mass is 32.2. The van der Waals surface area contributed by atoms with E-state index in [1.54, 1.807) is 29.4 Å². The number of aromatic carboxylic acids is 1. The van der Waals surface area contributed by atoms with Crippen LogP contribution in [0.1, 0.15) is 32.8 Å². The van der Waals surface area contributed by atoms with Crippen molar-refractivity contribution in [3.05, 3.63) is 101 Å². The minimum absolute atomic E-state index is 0.163. The number of rotatable bonds is 8. The topological polar surface area (TPSA) is 53.7 Å². The third kappa shape index (κ3) is 5.68. The van der Waals surface area contributed by atoms with E-state index in [9.17, 15) is 27.5 Å². The van der Waals surface area contributed by atoms with Crippen LogP contribution in [0.5, 0.6) is 0 Å². The lowest BCUT2D eigenvalue weighted by molar-refractivity contribution is -0.138. The second-order valence-electron chi connectivity index (χ2n) is 7.97. The second kappa shape index (κ2) is 10.1. The first-order chi connectivity index (χ1) is 16.6. The molecule has 1 N–H and O–H groups in total. The van der Waals surface area contributed by atoms with Crippen LogP contribution in [0.2, 0.25) is 0 Å². The molecule has 182 valence electrons. The standard InChI is InChI=1S/C26H21F4NO3S/c1-16-19-14-18(10-11-23(19)34-24(16)25(32)33)35-31(13-12-17-6-3-2-4-7-17)15-20-21(26(28,29)30)8-5-9-22(20)27/h2-11,14H,12-13,15H2,1H3,(H,32,33). The number of aryl methyl sites for hydroxylation is 1. The number of benzene rings is 3. The van der Waals surface area contributed by atoms with E-state index in [1.165, 1.54) is 11.9 Å². The van der Waals surface area contributed by atoms with Crippen LogP contribution in [0.3, 0.4) is 0 Å². The van der Waals surface area contributed by atoms with Gasteiger partial charge in [0, 0.05) is 34.5 Å². The molecule has 9 heteroatoms. The van der Waals surface area contributed by atoms with E-state index >= 15 is 0 Å². The largest absolute Gasteiger partial charge is 0.475 e. The minimum Gasteiger partial charge on any atom is -0.475 e. The molecule has 3 aromatic carbocycles. The van der Waals surface area contributed by atoms with Crippen LogP contribution < -0.4 is 0 Å². The molecule has 0 radical (unpaired) electrons. The number of hydrogen-bond donors (Lipinski definition) is 1. The summed E-state index contributed by atoms with van der Waals surface area (Å²) in [6.45, 7) is 1.71. The molecule has 0 bridgehead atoms. The molecule has 0 aliphatic rings. The minimum atomic E-state index is -4.69. The van der Waals surface area contributed by atoms with E-state index in [1.807, 2.05) is 30.3 Å². The SMILES string of the molecule is Cc1c(C(=O)O)oc2ccc(SN(CCc3ccccc3)Cc3c(F)cccc3C(F)(F)F)cc12. The summed E-state index contributed by atoms with van der Waals surface area (Å²) in [6.07, 6.45) is -4.15. The van der Waals surface area contributed by atoms with Crippen molar-refractivity contribution in [3.63, 3.8) is 0 Å². The van der Waals surface area contributed by atoms with Gasteiger partial charge in [0.2, 0.25) is 5.76 Å². The monoisotopic (exact) mass is 503 g/mol. The van der Waals surface area contributed by atoms with Gasteiger partial charge in [-0.3, -0.25) is 0 Å². The van der Waals surface area contributed by atoms with E-state index in [2.05, 4.69) is 0 Å². The van der Waals surface area contributed by atoms with Crippen LogP contribution in [-0.2, 0) is 19.1 Å². The molecule has 0 saturated heterocycles. The number of nitrogens with zero attached hydrogens (tertiary/aromatic N) is 1. The summed E-state index contributed by atoms with van der Waals surface area (Å²) >= 11 is 1.18. The van der Waals surface area contributed by atoms with Gasteiger partial charge in [-0.1, -0.05) is 36.4 Å². The smallest absolute Gasteiger partial charge is 0.416 e. The van der Waals surface area contributed by atoms with Crippen molar-refractivity contribution in [2.75, 3.05) is 6.54 Å². The number of furan rings is 1. The van der Waals surface area contributed by atoms with Gasteiger partial charge in [0.05, 0.1) is 5.56 Å². The summed E-state index contributed by atoms with van der Waals surface area (Å²) in [5.74, 6) is -2.27. The lowest BCUT2D eigenvalue weighted by atomic mass is 10.1. The maximum atomic E-state index is 14.6. The van der Waals surface area contributed by atoms with Gasteiger partial charge in [0.25, 0.3) is 0 Å². The van der Waals surface area contributed by atoms with E-state index in [4.69, 9.17) is 4.42 Å². The van der Waals surface area contributed by atoms with Gasteiger partial charge in [-0.15, -0.1) is 0 Å². The number of carboxylic acid groups (broad SMARTS) is 1. The number of halogens is 4. The summed E-state index contributed by atoms with van der Waals surface area (Å²) in [5, 5.41) is 9.90. The van der Waals surface area contributed by atoms with Crippen LogP contribution in [0, 0.1) is 12.7 Å². The van der Waals surface area contributed by atoms with Gasteiger partial charge >= 0.3 is 12.1 Å². The first-order valence-electron chi connectivity index (χ1n) is 10.7. The average Bonchev–Trinajstić information content (AvgIpc) is 3.15. The lowest BCUT2D eigenvalue weighted by Crippen LogP contribution is -2.22. The maximum Gasteiger partial charge on any atom is 0.416 e. The van der Waals surface area contributed by atoms with Crippen LogP contribution >= 0.6 is 11.9 Å². The number of carbonyl (C=O) groups is 1. The Bertz CT molecular complexity index is 1350. The Morgan fingerprint density at radius 2 is 1.80 bits per heavy atom. The first kappa shape index (κ1) is 24.8. The maximum absolute atomic E-state index is 14.6. The van der Waals surface area contributed by atoms with Gasteiger partial charge in [0.1, 0.15) is 11.4 Å². The zero-order valence-corrected chi connectivity index (χ0v) is 19.4. The summed E-state index contributed by atoms with van der Waals surface area (Å²) in [4.78, 5) is 12.1. The third-order valence-electron chi connectivity index (χ3n) is 5.59. The molecule has 35 heavy (non-hydrogen) atoms. The first-order valence-corrected chi connectivity index (χ1v) is 11.5.